The number of nitrogens with zero attached hydrogens (tertiary/aromatic N) is 2. The van der Waals surface area contributed by atoms with E-state index in [-0.39, 0.29) is 5.91 Å². The Hall–Kier alpha value is -2.39. The standard InChI is InChI=1S/C19H15ClN2O/c20-16-7-5-13(6-8-16)11-18(23)22-10-9-15-12-14-3-1-2-4-17(14)21-19(15)22/h1-8,12H,9-11H2. The van der Waals surface area contributed by atoms with Gasteiger partial charge < -0.3 is 0 Å². The molecule has 0 radical (unpaired) electrons. The first kappa shape index (κ1) is 14.2. The Morgan fingerprint density at radius 2 is 1.91 bits per heavy atom. The minimum atomic E-state index is 0.0776. The molecule has 2 aromatic carbocycles. The van der Waals surface area contributed by atoms with Gasteiger partial charge in [0.2, 0.25) is 5.91 Å². The molecule has 0 N–H and O–H groups in total. The largest absolute Gasteiger partial charge is 0.296 e. The molecule has 4 heteroatoms. The normalized spacial score (nSPS) is 13.3. The van der Waals surface area contributed by atoms with Gasteiger partial charge in [-0.25, -0.2) is 4.98 Å². The molecule has 0 bridgehead atoms. The van der Waals surface area contributed by atoms with Crippen LogP contribution in [0.2, 0.25) is 5.02 Å². The van der Waals surface area contributed by atoms with Gasteiger partial charge in [0.1, 0.15) is 5.82 Å². The minimum Gasteiger partial charge on any atom is -0.296 e. The van der Waals surface area contributed by atoms with Gasteiger partial charge in [0.25, 0.3) is 0 Å². The average molecular weight is 323 g/mol. The molecular formula is C19H15ClN2O. The molecule has 3 nitrogen and oxygen atoms in total. The van der Waals surface area contributed by atoms with Gasteiger partial charge in [-0.2, -0.15) is 0 Å². The van der Waals surface area contributed by atoms with E-state index in [0.29, 0.717) is 18.0 Å². The molecule has 0 saturated carbocycles. The van der Waals surface area contributed by atoms with Crippen molar-refractivity contribution < 1.29 is 4.79 Å². The molecule has 0 aliphatic carbocycles. The van der Waals surface area contributed by atoms with E-state index in [9.17, 15) is 4.79 Å². The number of hydrogen-bond acceptors (Lipinski definition) is 2. The van der Waals surface area contributed by atoms with Crippen LogP contribution in [0, 0.1) is 0 Å². The van der Waals surface area contributed by atoms with Crippen molar-refractivity contribution in [2.75, 3.05) is 11.4 Å². The Balaban J connectivity index is 1.63. The number of amides is 1. The summed E-state index contributed by atoms with van der Waals surface area (Å²) >= 11 is 5.89. The van der Waals surface area contributed by atoms with Gasteiger partial charge in [-0.05, 0) is 41.8 Å². The Labute approximate surface area is 139 Å². The van der Waals surface area contributed by atoms with Gasteiger partial charge in [0, 0.05) is 17.0 Å². The SMILES string of the molecule is O=C(Cc1ccc(Cl)cc1)N1CCc2cc3ccccc3nc21. The molecule has 23 heavy (non-hydrogen) atoms. The van der Waals surface area contributed by atoms with Crippen LogP contribution in [0.25, 0.3) is 10.9 Å². The van der Waals surface area contributed by atoms with Crippen LogP contribution in [0.5, 0.6) is 0 Å². The van der Waals surface area contributed by atoms with E-state index in [1.54, 1.807) is 4.90 Å². The third-order valence-corrected chi connectivity index (χ3v) is 4.46. The van der Waals surface area contributed by atoms with E-state index >= 15 is 0 Å². The summed E-state index contributed by atoms with van der Waals surface area (Å²) in [5.41, 5.74) is 3.04. The summed E-state index contributed by atoms with van der Waals surface area (Å²) in [6, 6.07) is 17.6. The molecule has 2 heterocycles. The fourth-order valence-corrected chi connectivity index (χ4v) is 3.15. The molecule has 114 valence electrons. The summed E-state index contributed by atoms with van der Waals surface area (Å²) in [5.74, 6) is 0.886. The smallest absolute Gasteiger partial charge is 0.232 e. The first-order valence-corrected chi connectivity index (χ1v) is 8.02. The lowest BCUT2D eigenvalue weighted by Gasteiger charge is -2.16. The van der Waals surface area contributed by atoms with Gasteiger partial charge in [0.05, 0.1) is 11.9 Å². The van der Waals surface area contributed by atoms with Gasteiger partial charge in [0.15, 0.2) is 0 Å². The van der Waals surface area contributed by atoms with Gasteiger partial charge in [-0.1, -0.05) is 41.9 Å². The number of carbonyl (C=O) groups is 1. The zero-order valence-corrected chi connectivity index (χ0v) is 13.3. The fraction of sp³-hybridized carbons (Fsp3) is 0.158. The topological polar surface area (TPSA) is 33.2 Å². The summed E-state index contributed by atoms with van der Waals surface area (Å²) in [5, 5.41) is 1.80. The molecule has 0 fully saturated rings. The first-order valence-electron chi connectivity index (χ1n) is 7.64. The molecule has 1 aliphatic heterocycles. The molecule has 0 unspecified atom stereocenters. The number of benzene rings is 2. The highest BCUT2D eigenvalue weighted by Gasteiger charge is 2.26. The van der Waals surface area contributed by atoms with Crippen molar-refractivity contribution >= 4 is 34.2 Å². The van der Waals surface area contributed by atoms with Crippen LogP contribution in [0.4, 0.5) is 5.82 Å². The van der Waals surface area contributed by atoms with Gasteiger partial charge >= 0.3 is 0 Å². The number of carbonyl (C=O) groups excluding carboxylic acids is 1. The number of halogens is 1. The predicted molar refractivity (Wildman–Crippen MR) is 93.0 cm³/mol. The van der Waals surface area contributed by atoms with Crippen molar-refractivity contribution in [3.8, 4) is 0 Å². The molecule has 1 amide bonds. The lowest BCUT2D eigenvalue weighted by atomic mass is 10.1. The lowest BCUT2D eigenvalue weighted by molar-refractivity contribution is -0.117. The van der Waals surface area contributed by atoms with E-state index in [1.165, 1.54) is 0 Å². The molecular weight excluding hydrogens is 308 g/mol. The number of para-hydroxylation sites is 1. The molecule has 0 atom stereocenters. The van der Waals surface area contributed by atoms with Crippen LogP contribution in [0.15, 0.2) is 54.6 Å². The third kappa shape index (κ3) is 2.68. The molecule has 4 rings (SSSR count). The van der Waals surface area contributed by atoms with E-state index in [2.05, 4.69) is 12.1 Å². The highest BCUT2D eigenvalue weighted by Crippen LogP contribution is 2.29. The van der Waals surface area contributed by atoms with E-state index in [1.807, 2.05) is 42.5 Å². The van der Waals surface area contributed by atoms with Crippen LogP contribution < -0.4 is 4.90 Å². The molecule has 1 aromatic heterocycles. The van der Waals surface area contributed by atoms with Crippen LogP contribution in [-0.4, -0.2) is 17.4 Å². The number of aromatic nitrogens is 1. The van der Waals surface area contributed by atoms with E-state index in [4.69, 9.17) is 16.6 Å². The quantitative estimate of drug-likeness (QED) is 0.714. The molecule has 1 aliphatic rings. The highest BCUT2D eigenvalue weighted by molar-refractivity contribution is 6.30. The maximum atomic E-state index is 12.7. The Kier molecular flexibility index (Phi) is 3.50. The number of rotatable bonds is 2. The minimum absolute atomic E-state index is 0.0776. The monoisotopic (exact) mass is 322 g/mol. The van der Waals surface area contributed by atoms with Crippen LogP contribution >= 0.6 is 11.6 Å². The van der Waals surface area contributed by atoms with Crippen molar-refractivity contribution in [1.29, 1.82) is 0 Å². The molecule has 0 saturated heterocycles. The summed E-state index contributed by atoms with van der Waals surface area (Å²) < 4.78 is 0. The Bertz CT molecular complexity index is 890. The number of hydrogen-bond donors (Lipinski definition) is 0. The third-order valence-electron chi connectivity index (χ3n) is 4.21. The van der Waals surface area contributed by atoms with Crippen molar-refractivity contribution in [2.45, 2.75) is 12.8 Å². The Morgan fingerprint density at radius 3 is 2.74 bits per heavy atom. The highest BCUT2D eigenvalue weighted by atomic mass is 35.5. The summed E-state index contributed by atoms with van der Waals surface area (Å²) in [7, 11) is 0. The fourth-order valence-electron chi connectivity index (χ4n) is 3.02. The van der Waals surface area contributed by atoms with Gasteiger partial charge in [-0.3, -0.25) is 9.69 Å². The predicted octanol–water partition coefficient (Wildman–Crippen LogP) is 4.02. The summed E-state index contributed by atoms with van der Waals surface area (Å²) in [6.07, 6.45) is 1.23. The maximum Gasteiger partial charge on any atom is 0.232 e. The van der Waals surface area contributed by atoms with Crippen LogP contribution in [0.1, 0.15) is 11.1 Å². The Morgan fingerprint density at radius 1 is 1.13 bits per heavy atom. The summed E-state index contributed by atoms with van der Waals surface area (Å²) in [6.45, 7) is 0.699. The average Bonchev–Trinajstić information content (AvgIpc) is 2.97. The van der Waals surface area contributed by atoms with Crippen molar-refractivity contribution in [1.82, 2.24) is 4.98 Å². The number of anilines is 1. The molecule has 3 aromatic rings. The molecule has 0 spiro atoms. The van der Waals surface area contributed by atoms with Gasteiger partial charge in [-0.15, -0.1) is 0 Å². The second-order valence-electron chi connectivity index (χ2n) is 5.76. The van der Waals surface area contributed by atoms with Crippen LogP contribution in [0.3, 0.4) is 0 Å². The lowest BCUT2D eigenvalue weighted by Crippen LogP contribution is -2.30. The first-order chi connectivity index (χ1) is 11.2. The van der Waals surface area contributed by atoms with Crippen molar-refractivity contribution in [3.05, 3.63) is 70.7 Å². The van der Waals surface area contributed by atoms with Crippen LogP contribution in [-0.2, 0) is 17.6 Å². The zero-order valence-electron chi connectivity index (χ0n) is 12.5. The second-order valence-corrected chi connectivity index (χ2v) is 6.20. The van der Waals surface area contributed by atoms with E-state index in [0.717, 1.165) is 34.3 Å². The van der Waals surface area contributed by atoms with E-state index < -0.39 is 0 Å². The van der Waals surface area contributed by atoms with Crippen molar-refractivity contribution in [2.24, 2.45) is 0 Å². The van der Waals surface area contributed by atoms with Crippen molar-refractivity contribution in [3.63, 3.8) is 0 Å². The maximum absolute atomic E-state index is 12.7. The number of fused-ring (bicyclic) bond motifs is 2. The second kappa shape index (κ2) is 5.67. The zero-order chi connectivity index (χ0) is 15.8. The summed E-state index contributed by atoms with van der Waals surface area (Å²) in [4.78, 5) is 19.2. The number of pyridine rings is 1.